The summed E-state index contributed by atoms with van der Waals surface area (Å²) in [6.45, 7) is 0. The zero-order valence-corrected chi connectivity index (χ0v) is 20.9. The molecule has 1 nitrogen and oxygen atoms in total. The molecule has 0 spiro atoms. The van der Waals surface area contributed by atoms with Crippen molar-refractivity contribution in [3.63, 3.8) is 0 Å². The predicted octanol–water partition coefficient (Wildman–Crippen LogP) is 5.21. The normalized spacial score (nSPS) is 11.0. The minimum atomic E-state index is -0.766. The van der Waals surface area contributed by atoms with Crippen LogP contribution in [0, 0.1) is 0 Å². The summed E-state index contributed by atoms with van der Waals surface area (Å²) < 4.78 is 5.74. The van der Waals surface area contributed by atoms with Crippen LogP contribution in [0.15, 0.2) is 140 Å². The molecule has 0 saturated heterocycles. The molecule has 0 atom stereocenters. The van der Waals surface area contributed by atoms with Crippen molar-refractivity contribution < 1.29 is 4.74 Å². The summed E-state index contributed by atoms with van der Waals surface area (Å²) in [4.78, 5) is 0. The van der Waals surface area contributed by atoms with Crippen LogP contribution in [-0.4, -0.2) is 7.11 Å². The molecule has 0 N–H and O–H groups in total. The molecule has 0 amide bonds. The number of ether oxygens (including phenoxy) is 1. The van der Waals surface area contributed by atoms with Crippen LogP contribution in [-0.2, 0) is 0 Å². The molecule has 3 heteroatoms. The summed E-state index contributed by atoms with van der Waals surface area (Å²) in [5.74, 6) is 0.897. The minimum Gasteiger partial charge on any atom is -0.497 e. The molecule has 0 bridgehead atoms. The summed E-state index contributed by atoms with van der Waals surface area (Å²) in [6.07, 6.45) is 0. The number of methoxy groups -OCH3 is 1. The van der Waals surface area contributed by atoms with Crippen molar-refractivity contribution in [1.82, 2.24) is 0 Å². The van der Waals surface area contributed by atoms with E-state index < -0.39 is 15.8 Å². The van der Waals surface area contributed by atoms with Crippen molar-refractivity contribution in [1.29, 1.82) is 0 Å². The first kappa shape index (κ1) is 22.5. The van der Waals surface area contributed by atoms with Gasteiger partial charge < -0.3 is 4.74 Å². The summed E-state index contributed by atoms with van der Waals surface area (Å²) in [5.41, 5.74) is 0. The van der Waals surface area contributed by atoms with E-state index >= 15 is 0 Å². The first-order valence-electron chi connectivity index (χ1n) is 11.3. The summed E-state index contributed by atoms with van der Waals surface area (Å²) in [7, 11) is 0.251. The van der Waals surface area contributed by atoms with E-state index in [-0.39, 0.29) is 0 Å². The van der Waals surface area contributed by atoms with Gasteiger partial charge in [0.05, 0.1) is 7.11 Å². The molecule has 0 fully saturated rings. The third-order valence-electron chi connectivity index (χ3n) is 5.72. The molecule has 0 aliphatic heterocycles. The van der Waals surface area contributed by atoms with Crippen LogP contribution < -0.4 is 36.6 Å². The second-order valence-corrected chi connectivity index (χ2v) is 12.2. The molecule has 0 aliphatic rings. The van der Waals surface area contributed by atoms with Gasteiger partial charge in [-0.3, -0.25) is 0 Å². The molecule has 34 heavy (non-hydrogen) atoms. The van der Waals surface area contributed by atoms with Crippen LogP contribution in [0.25, 0.3) is 0 Å². The summed E-state index contributed by atoms with van der Waals surface area (Å²) in [6, 6.07) is 50.3. The zero-order valence-electron chi connectivity index (χ0n) is 19.1. The maximum atomic E-state index is 5.74. The topological polar surface area (TPSA) is 9.23 Å². The maximum absolute atomic E-state index is 5.74. The smallest absolute Gasteiger partial charge is 0.119 e. The lowest BCUT2D eigenvalue weighted by Crippen LogP contribution is -2.34. The third kappa shape index (κ3) is 4.83. The average molecular weight is 476 g/mol. The Bertz CT molecular complexity index is 1240. The highest BCUT2D eigenvalue weighted by molar-refractivity contribution is 7.85. The highest BCUT2D eigenvalue weighted by Crippen LogP contribution is 2.39. The third-order valence-corrected chi connectivity index (χ3v) is 10.9. The van der Waals surface area contributed by atoms with Crippen molar-refractivity contribution in [2.24, 2.45) is 0 Å². The SMILES string of the molecule is COc1ccc(P(c2ccccc2)c2ccccc2)c(P(c2ccccc2)c2ccccc2)c1. The fourth-order valence-electron chi connectivity index (χ4n) is 4.16. The molecule has 0 unspecified atom stereocenters. The van der Waals surface area contributed by atoms with Gasteiger partial charge >= 0.3 is 0 Å². The van der Waals surface area contributed by atoms with E-state index in [0.29, 0.717) is 0 Å². The van der Waals surface area contributed by atoms with Crippen molar-refractivity contribution in [2.45, 2.75) is 0 Å². The Hall–Kier alpha value is -3.24. The number of rotatable bonds is 7. The van der Waals surface area contributed by atoms with Crippen LogP contribution in [0.3, 0.4) is 0 Å². The van der Waals surface area contributed by atoms with E-state index in [2.05, 4.69) is 140 Å². The van der Waals surface area contributed by atoms with E-state index in [0.717, 1.165) is 5.75 Å². The quantitative estimate of drug-likeness (QED) is 0.293. The number of hydrogen-bond donors (Lipinski definition) is 0. The largest absolute Gasteiger partial charge is 0.497 e. The molecule has 0 aromatic heterocycles. The molecule has 0 radical (unpaired) electrons. The highest BCUT2D eigenvalue weighted by atomic mass is 31.1. The summed E-state index contributed by atoms with van der Waals surface area (Å²) >= 11 is 0. The van der Waals surface area contributed by atoms with Crippen molar-refractivity contribution in [2.75, 3.05) is 7.11 Å². The van der Waals surface area contributed by atoms with Gasteiger partial charge in [-0.25, -0.2) is 0 Å². The van der Waals surface area contributed by atoms with Crippen LogP contribution in [0.2, 0.25) is 0 Å². The van der Waals surface area contributed by atoms with E-state index in [9.17, 15) is 0 Å². The van der Waals surface area contributed by atoms with Crippen molar-refractivity contribution >= 4 is 47.7 Å². The lowest BCUT2D eigenvalue weighted by Gasteiger charge is -2.28. The highest BCUT2D eigenvalue weighted by Gasteiger charge is 2.26. The Morgan fingerprint density at radius 2 is 0.765 bits per heavy atom. The fourth-order valence-corrected chi connectivity index (χ4v) is 9.43. The number of hydrogen-bond acceptors (Lipinski definition) is 1. The summed E-state index contributed by atoms with van der Waals surface area (Å²) in [5, 5.41) is 8.12. The average Bonchev–Trinajstić information content (AvgIpc) is 2.92. The van der Waals surface area contributed by atoms with Gasteiger partial charge in [0.1, 0.15) is 5.75 Å². The molecular formula is C31H26OP2. The van der Waals surface area contributed by atoms with Gasteiger partial charge in [-0.1, -0.05) is 121 Å². The molecule has 0 aliphatic carbocycles. The first-order chi connectivity index (χ1) is 16.8. The molecule has 5 aromatic rings. The number of benzene rings is 5. The molecular weight excluding hydrogens is 450 g/mol. The predicted molar refractivity (Wildman–Crippen MR) is 150 cm³/mol. The minimum absolute atomic E-state index is 0.737. The van der Waals surface area contributed by atoms with E-state index in [4.69, 9.17) is 4.74 Å². The fraction of sp³-hybridized carbons (Fsp3) is 0.0323. The van der Waals surface area contributed by atoms with Crippen LogP contribution in [0.4, 0.5) is 0 Å². The Balaban J connectivity index is 1.79. The first-order valence-corrected chi connectivity index (χ1v) is 14.0. The Labute approximate surface area is 204 Å². The van der Waals surface area contributed by atoms with Gasteiger partial charge in [0.2, 0.25) is 0 Å². The second-order valence-electron chi connectivity index (χ2n) is 7.87. The van der Waals surface area contributed by atoms with Crippen molar-refractivity contribution in [3.8, 4) is 5.75 Å². The molecule has 166 valence electrons. The standard InChI is InChI=1S/C31H26OP2/c1-32-25-22-23-30(33(26-14-6-2-7-15-26)27-16-8-3-9-17-27)31(24-25)34(28-18-10-4-11-19-28)29-20-12-5-13-21-29/h2-24H,1H3. The van der Waals surface area contributed by atoms with Crippen molar-refractivity contribution in [3.05, 3.63) is 140 Å². The molecule has 0 saturated carbocycles. The van der Waals surface area contributed by atoms with Gasteiger partial charge in [-0.15, -0.1) is 0 Å². The van der Waals surface area contributed by atoms with Gasteiger partial charge in [-0.2, -0.15) is 0 Å². The van der Waals surface area contributed by atoms with E-state index in [1.54, 1.807) is 7.11 Å². The molecule has 5 rings (SSSR count). The zero-order chi connectivity index (χ0) is 23.2. The second kappa shape index (κ2) is 10.8. The van der Waals surface area contributed by atoms with Gasteiger partial charge in [-0.05, 0) is 65.9 Å². The van der Waals surface area contributed by atoms with E-state index in [1.807, 2.05) is 0 Å². The maximum Gasteiger partial charge on any atom is 0.119 e. The lowest BCUT2D eigenvalue weighted by atomic mass is 10.3. The van der Waals surface area contributed by atoms with E-state index in [1.165, 1.54) is 31.8 Å². The molecule has 0 heterocycles. The van der Waals surface area contributed by atoms with Gasteiger partial charge in [0.15, 0.2) is 0 Å². The van der Waals surface area contributed by atoms with Crippen LogP contribution in [0.5, 0.6) is 5.75 Å². The Kier molecular flexibility index (Phi) is 7.16. The van der Waals surface area contributed by atoms with Crippen LogP contribution in [0.1, 0.15) is 0 Å². The molecule has 5 aromatic carbocycles. The van der Waals surface area contributed by atoms with Gasteiger partial charge in [0, 0.05) is 0 Å². The monoisotopic (exact) mass is 476 g/mol. The lowest BCUT2D eigenvalue weighted by molar-refractivity contribution is 0.415. The Morgan fingerprint density at radius 1 is 0.412 bits per heavy atom. The van der Waals surface area contributed by atoms with Gasteiger partial charge in [0.25, 0.3) is 0 Å². The Morgan fingerprint density at radius 3 is 1.12 bits per heavy atom. The van der Waals surface area contributed by atoms with Crippen LogP contribution >= 0.6 is 15.8 Å².